The van der Waals surface area contributed by atoms with Crippen LogP contribution in [-0.2, 0) is 18.3 Å². The first-order chi connectivity index (χ1) is 11.4. The van der Waals surface area contributed by atoms with E-state index in [9.17, 15) is 9.59 Å². The number of hydrogen-bond acceptors (Lipinski definition) is 3. The van der Waals surface area contributed by atoms with Crippen LogP contribution in [0.3, 0.4) is 0 Å². The summed E-state index contributed by atoms with van der Waals surface area (Å²) in [6.07, 6.45) is 0.288. The Hall–Kier alpha value is -2.34. The Morgan fingerprint density at radius 3 is 2.33 bits per heavy atom. The Bertz CT molecular complexity index is 738. The Morgan fingerprint density at radius 1 is 1.12 bits per heavy atom. The predicted molar refractivity (Wildman–Crippen MR) is 93.2 cm³/mol. The second kappa shape index (κ2) is 7.97. The summed E-state index contributed by atoms with van der Waals surface area (Å²) in [6.45, 7) is 4.56. The fourth-order valence-electron chi connectivity index (χ4n) is 2.38. The molecule has 0 aliphatic rings. The van der Waals surface area contributed by atoms with Crippen LogP contribution in [0.4, 0.5) is 0 Å². The van der Waals surface area contributed by atoms with E-state index >= 15 is 0 Å². The molecular weight excluding hydrogens is 328 g/mol. The van der Waals surface area contributed by atoms with E-state index in [1.54, 1.807) is 28.9 Å². The molecule has 0 radical (unpaired) electrons. The number of amides is 2. The van der Waals surface area contributed by atoms with Gasteiger partial charge >= 0.3 is 0 Å². The summed E-state index contributed by atoms with van der Waals surface area (Å²) in [5.41, 5.74) is 3.33. The Balaban J connectivity index is 1.75. The third-order valence-corrected chi connectivity index (χ3v) is 4.09. The van der Waals surface area contributed by atoms with E-state index in [2.05, 4.69) is 15.7 Å². The van der Waals surface area contributed by atoms with Gasteiger partial charge in [0.25, 0.3) is 5.91 Å². The lowest BCUT2D eigenvalue weighted by molar-refractivity contribution is -0.120. The molecule has 0 fully saturated rings. The molecule has 2 N–H and O–H groups in total. The summed E-state index contributed by atoms with van der Waals surface area (Å²) < 4.78 is 1.77. The van der Waals surface area contributed by atoms with Crippen molar-refractivity contribution in [3.8, 4) is 0 Å². The standard InChI is InChI=1S/C17H21ClN4O2/c1-11-15(12(2)22(3)21-11)10-16(23)19-8-9-20-17(24)13-4-6-14(18)7-5-13/h4-7H,8-10H2,1-3H3,(H,19,23)(H,20,24). The summed E-state index contributed by atoms with van der Waals surface area (Å²) in [5.74, 6) is -0.283. The monoisotopic (exact) mass is 348 g/mol. The Morgan fingerprint density at radius 2 is 1.75 bits per heavy atom. The summed E-state index contributed by atoms with van der Waals surface area (Å²) in [4.78, 5) is 23.9. The summed E-state index contributed by atoms with van der Waals surface area (Å²) in [7, 11) is 1.86. The van der Waals surface area contributed by atoms with Crippen molar-refractivity contribution in [2.75, 3.05) is 13.1 Å². The fourth-order valence-corrected chi connectivity index (χ4v) is 2.50. The highest BCUT2D eigenvalue weighted by molar-refractivity contribution is 6.30. The minimum atomic E-state index is -0.195. The molecule has 2 amide bonds. The van der Waals surface area contributed by atoms with E-state index in [4.69, 9.17) is 11.6 Å². The average Bonchev–Trinajstić information content (AvgIpc) is 2.78. The first-order valence-corrected chi connectivity index (χ1v) is 8.06. The summed E-state index contributed by atoms with van der Waals surface area (Å²) in [6, 6.07) is 6.64. The molecular formula is C17H21ClN4O2. The summed E-state index contributed by atoms with van der Waals surface area (Å²) >= 11 is 5.78. The molecule has 7 heteroatoms. The lowest BCUT2D eigenvalue weighted by Gasteiger charge is -2.08. The van der Waals surface area contributed by atoms with Crippen molar-refractivity contribution in [2.45, 2.75) is 20.3 Å². The van der Waals surface area contributed by atoms with Gasteiger partial charge in [-0.05, 0) is 38.1 Å². The van der Waals surface area contributed by atoms with Crippen LogP contribution in [0.5, 0.6) is 0 Å². The van der Waals surface area contributed by atoms with Crippen LogP contribution in [0.2, 0.25) is 5.02 Å². The minimum absolute atomic E-state index is 0.0880. The molecule has 6 nitrogen and oxygen atoms in total. The van der Waals surface area contributed by atoms with Gasteiger partial charge in [-0.2, -0.15) is 5.10 Å². The first-order valence-electron chi connectivity index (χ1n) is 7.68. The second-order valence-corrected chi connectivity index (χ2v) is 6.00. The zero-order chi connectivity index (χ0) is 17.7. The van der Waals surface area contributed by atoms with Crippen LogP contribution in [0.1, 0.15) is 27.3 Å². The molecule has 128 valence electrons. The van der Waals surface area contributed by atoms with Crippen molar-refractivity contribution in [1.82, 2.24) is 20.4 Å². The molecule has 2 aromatic rings. The van der Waals surface area contributed by atoms with Gasteiger partial charge in [0.2, 0.25) is 5.91 Å². The molecule has 0 atom stereocenters. The molecule has 1 aromatic carbocycles. The van der Waals surface area contributed by atoms with Crippen LogP contribution >= 0.6 is 11.6 Å². The fraction of sp³-hybridized carbons (Fsp3) is 0.353. The molecule has 24 heavy (non-hydrogen) atoms. The van der Waals surface area contributed by atoms with Gasteiger partial charge in [0, 0.05) is 42.0 Å². The highest BCUT2D eigenvalue weighted by Crippen LogP contribution is 2.12. The number of halogens is 1. The van der Waals surface area contributed by atoms with Crippen LogP contribution in [-0.4, -0.2) is 34.7 Å². The molecule has 2 rings (SSSR count). The van der Waals surface area contributed by atoms with Gasteiger partial charge in [0.1, 0.15) is 0 Å². The van der Waals surface area contributed by atoms with Crippen molar-refractivity contribution >= 4 is 23.4 Å². The maximum atomic E-state index is 12.0. The van der Waals surface area contributed by atoms with Gasteiger partial charge < -0.3 is 10.6 Å². The van der Waals surface area contributed by atoms with Crippen LogP contribution in [0.15, 0.2) is 24.3 Å². The quantitative estimate of drug-likeness (QED) is 0.781. The predicted octanol–water partition coefficient (Wildman–Crippen LogP) is 1.78. The molecule has 0 unspecified atom stereocenters. The van der Waals surface area contributed by atoms with Crippen molar-refractivity contribution in [3.63, 3.8) is 0 Å². The maximum absolute atomic E-state index is 12.0. The van der Waals surface area contributed by atoms with Crippen molar-refractivity contribution in [3.05, 3.63) is 51.8 Å². The van der Waals surface area contributed by atoms with Gasteiger partial charge in [-0.15, -0.1) is 0 Å². The lowest BCUT2D eigenvalue weighted by Crippen LogP contribution is -2.35. The molecule has 0 bridgehead atoms. The molecule has 0 spiro atoms. The maximum Gasteiger partial charge on any atom is 0.251 e. The van der Waals surface area contributed by atoms with Gasteiger partial charge in [-0.1, -0.05) is 11.6 Å². The number of benzene rings is 1. The van der Waals surface area contributed by atoms with Crippen molar-refractivity contribution < 1.29 is 9.59 Å². The Kier molecular flexibility index (Phi) is 5.98. The van der Waals surface area contributed by atoms with Gasteiger partial charge in [-0.3, -0.25) is 14.3 Å². The first kappa shape index (κ1) is 18.0. The number of aromatic nitrogens is 2. The topological polar surface area (TPSA) is 76.0 Å². The van der Waals surface area contributed by atoms with Crippen LogP contribution in [0.25, 0.3) is 0 Å². The normalized spacial score (nSPS) is 10.5. The average molecular weight is 349 g/mol. The zero-order valence-electron chi connectivity index (χ0n) is 14.0. The van der Waals surface area contributed by atoms with E-state index in [0.29, 0.717) is 23.7 Å². The molecule has 0 saturated carbocycles. The SMILES string of the molecule is Cc1nn(C)c(C)c1CC(=O)NCCNC(=O)c1ccc(Cl)cc1. The minimum Gasteiger partial charge on any atom is -0.354 e. The molecule has 1 heterocycles. The van der Waals surface area contributed by atoms with Crippen molar-refractivity contribution in [2.24, 2.45) is 7.05 Å². The molecule has 1 aromatic heterocycles. The third-order valence-electron chi connectivity index (χ3n) is 3.84. The number of nitrogens with one attached hydrogen (secondary N) is 2. The van der Waals surface area contributed by atoms with E-state index in [1.807, 2.05) is 20.9 Å². The molecule has 0 aliphatic carbocycles. The third kappa shape index (κ3) is 4.58. The summed E-state index contributed by atoms with van der Waals surface area (Å²) in [5, 5.41) is 10.4. The number of rotatable bonds is 6. The van der Waals surface area contributed by atoms with Gasteiger partial charge in [0.15, 0.2) is 0 Å². The second-order valence-electron chi connectivity index (χ2n) is 5.56. The smallest absolute Gasteiger partial charge is 0.251 e. The number of aryl methyl sites for hydroxylation is 2. The number of hydrogen-bond donors (Lipinski definition) is 2. The van der Waals surface area contributed by atoms with E-state index < -0.39 is 0 Å². The zero-order valence-corrected chi connectivity index (χ0v) is 14.8. The number of carbonyl (C=O) groups is 2. The van der Waals surface area contributed by atoms with Gasteiger partial charge in [-0.25, -0.2) is 0 Å². The number of nitrogens with zero attached hydrogens (tertiary/aromatic N) is 2. The number of carbonyl (C=O) groups excluding carboxylic acids is 2. The highest BCUT2D eigenvalue weighted by atomic mass is 35.5. The molecule has 0 aliphatic heterocycles. The largest absolute Gasteiger partial charge is 0.354 e. The van der Waals surface area contributed by atoms with E-state index in [-0.39, 0.29) is 18.2 Å². The van der Waals surface area contributed by atoms with E-state index in [1.165, 1.54) is 0 Å². The Labute approximate surface area is 146 Å². The molecule has 0 saturated heterocycles. The van der Waals surface area contributed by atoms with Crippen molar-refractivity contribution in [1.29, 1.82) is 0 Å². The van der Waals surface area contributed by atoms with Gasteiger partial charge in [0.05, 0.1) is 12.1 Å². The van der Waals surface area contributed by atoms with E-state index in [0.717, 1.165) is 17.0 Å². The lowest BCUT2D eigenvalue weighted by atomic mass is 10.1. The van der Waals surface area contributed by atoms with Crippen LogP contribution in [0, 0.1) is 13.8 Å². The highest BCUT2D eigenvalue weighted by Gasteiger charge is 2.13. The van der Waals surface area contributed by atoms with Crippen LogP contribution < -0.4 is 10.6 Å².